The van der Waals surface area contributed by atoms with Gasteiger partial charge in [0.2, 0.25) is 10.0 Å². The first-order chi connectivity index (χ1) is 9.27. The molecule has 0 aliphatic carbocycles. The Morgan fingerprint density at radius 2 is 1.90 bits per heavy atom. The van der Waals surface area contributed by atoms with Crippen LogP contribution < -0.4 is 10.5 Å². The molecule has 1 aromatic carbocycles. The molecule has 2 aromatic rings. The van der Waals surface area contributed by atoms with E-state index < -0.39 is 10.0 Å². The van der Waals surface area contributed by atoms with E-state index in [1.807, 2.05) is 13.0 Å². The highest BCUT2D eigenvalue weighted by atomic mass is 32.2. The molecule has 3 N–H and O–H groups in total. The molecule has 1 aromatic heterocycles. The van der Waals surface area contributed by atoms with E-state index in [4.69, 9.17) is 5.14 Å². The van der Waals surface area contributed by atoms with E-state index in [-0.39, 0.29) is 10.8 Å². The van der Waals surface area contributed by atoms with Gasteiger partial charge in [0.25, 0.3) is 5.91 Å². The summed E-state index contributed by atoms with van der Waals surface area (Å²) in [7, 11) is -3.79. The molecule has 0 saturated carbocycles. The number of nitrogens with two attached hydrogens (primary N) is 1. The lowest BCUT2D eigenvalue weighted by atomic mass is 10.2. The number of amides is 1. The van der Waals surface area contributed by atoms with Crippen molar-refractivity contribution < 1.29 is 13.2 Å². The number of hydrogen-bond acceptors (Lipinski definition) is 4. The van der Waals surface area contributed by atoms with Gasteiger partial charge < -0.3 is 5.32 Å². The smallest absolute Gasteiger partial charge is 0.265 e. The molecule has 2 rings (SSSR count). The number of thiophene rings is 1. The SMILES string of the molecule is Cc1ccc(C(=O)Nc2cc(S(N)(=O)=O)ccc2C)s1. The van der Waals surface area contributed by atoms with E-state index >= 15 is 0 Å². The highest BCUT2D eigenvalue weighted by Crippen LogP contribution is 2.22. The maximum atomic E-state index is 12.1. The monoisotopic (exact) mass is 310 g/mol. The Morgan fingerprint density at radius 3 is 2.45 bits per heavy atom. The standard InChI is InChI=1S/C13H14N2O3S2/c1-8-3-5-10(20(14,17)18)7-11(8)15-13(16)12-6-4-9(2)19-12/h3-7H,1-2H3,(H,15,16)(H2,14,17,18). The first-order valence-electron chi connectivity index (χ1n) is 5.78. The largest absolute Gasteiger partial charge is 0.321 e. The van der Waals surface area contributed by atoms with Gasteiger partial charge in [0.15, 0.2) is 0 Å². The maximum Gasteiger partial charge on any atom is 0.265 e. The Labute approximate surface area is 121 Å². The van der Waals surface area contributed by atoms with Crippen molar-refractivity contribution in [3.63, 3.8) is 0 Å². The number of carbonyl (C=O) groups excluding carboxylic acids is 1. The molecule has 0 radical (unpaired) electrons. The zero-order valence-corrected chi connectivity index (χ0v) is 12.6. The average Bonchev–Trinajstić information content (AvgIpc) is 2.77. The number of rotatable bonds is 3. The molecule has 1 amide bonds. The number of hydrogen-bond donors (Lipinski definition) is 2. The van der Waals surface area contributed by atoms with E-state index in [1.165, 1.54) is 23.5 Å². The van der Waals surface area contributed by atoms with E-state index in [9.17, 15) is 13.2 Å². The van der Waals surface area contributed by atoms with Crippen molar-refractivity contribution in [3.8, 4) is 0 Å². The number of sulfonamides is 1. The van der Waals surface area contributed by atoms with Crippen molar-refractivity contribution in [3.05, 3.63) is 45.6 Å². The maximum absolute atomic E-state index is 12.1. The Bertz CT molecular complexity index is 764. The number of aryl methyl sites for hydroxylation is 2. The van der Waals surface area contributed by atoms with Gasteiger partial charge in [0.1, 0.15) is 0 Å². The number of carbonyl (C=O) groups is 1. The first-order valence-corrected chi connectivity index (χ1v) is 8.15. The summed E-state index contributed by atoms with van der Waals surface area (Å²) < 4.78 is 22.6. The van der Waals surface area contributed by atoms with Crippen molar-refractivity contribution in [2.24, 2.45) is 5.14 Å². The van der Waals surface area contributed by atoms with Gasteiger partial charge in [-0.2, -0.15) is 0 Å². The Balaban J connectivity index is 2.31. The van der Waals surface area contributed by atoms with Crippen molar-refractivity contribution >= 4 is 33.0 Å². The third kappa shape index (κ3) is 3.24. The molecule has 0 fully saturated rings. The van der Waals surface area contributed by atoms with Gasteiger partial charge in [0.05, 0.1) is 9.77 Å². The molecular weight excluding hydrogens is 296 g/mol. The zero-order valence-electron chi connectivity index (χ0n) is 11.0. The van der Waals surface area contributed by atoms with Gasteiger partial charge in [-0.05, 0) is 43.7 Å². The molecule has 7 heteroatoms. The molecule has 0 atom stereocenters. The molecule has 0 aliphatic heterocycles. The van der Waals surface area contributed by atoms with Crippen molar-refractivity contribution in [2.75, 3.05) is 5.32 Å². The number of anilines is 1. The summed E-state index contributed by atoms with van der Waals surface area (Å²) in [6.45, 7) is 3.69. The molecular formula is C13H14N2O3S2. The van der Waals surface area contributed by atoms with Crippen LogP contribution in [0.1, 0.15) is 20.1 Å². The lowest BCUT2D eigenvalue weighted by Crippen LogP contribution is -2.15. The van der Waals surface area contributed by atoms with Crippen LogP contribution in [0.3, 0.4) is 0 Å². The van der Waals surface area contributed by atoms with Crippen LogP contribution in [-0.4, -0.2) is 14.3 Å². The predicted octanol–water partition coefficient (Wildman–Crippen LogP) is 2.26. The van der Waals surface area contributed by atoms with Gasteiger partial charge in [-0.15, -0.1) is 11.3 Å². The minimum atomic E-state index is -3.79. The third-order valence-corrected chi connectivity index (χ3v) is 4.66. The van der Waals surface area contributed by atoms with Crippen LogP contribution in [-0.2, 0) is 10.0 Å². The fourth-order valence-electron chi connectivity index (χ4n) is 1.65. The van der Waals surface area contributed by atoms with Crippen LogP contribution in [0.25, 0.3) is 0 Å². The van der Waals surface area contributed by atoms with Gasteiger partial charge >= 0.3 is 0 Å². The van der Waals surface area contributed by atoms with Crippen LogP contribution in [0.4, 0.5) is 5.69 Å². The van der Waals surface area contributed by atoms with Gasteiger partial charge in [-0.25, -0.2) is 13.6 Å². The summed E-state index contributed by atoms with van der Waals surface area (Å²) in [5.74, 6) is -0.266. The number of nitrogens with one attached hydrogen (secondary N) is 1. The van der Waals surface area contributed by atoms with E-state index in [2.05, 4.69) is 5.32 Å². The Kier molecular flexibility index (Phi) is 3.94. The second-order valence-corrected chi connectivity index (χ2v) is 7.24. The second kappa shape index (κ2) is 5.35. The summed E-state index contributed by atoms with van der Waals surface area (Å²) in [4.78, 5) is 13.6. The molecule has 0 unspecified atom stereocenters. The van der Waals surface area contributed by atoms with Crippen LogP contribution in [0.15, 0.2) is 35.2 Å². The molecule has 106 valence electrons. The highest BCUT2D eigenvalue weighted by Gasteiger charge is 2.13. The molecule has 0 saturated heterocycles. The van der Waals surface area contributed by atoms with Crippen LogP contribution in [0.2, 0.25) is 0 Å². The Hall–Kier alpha value is -1.70. The van der Waals surface area contributed by atoms with Gasteiger partial charge in [-0.3, -0.25) is 4.79 Å². The Morgan fingerprint density at radius 1 is 1.20 bits per heavy atom. The highest BCUT2D eigenvalue weighted by molar-refractivity contribution is 7.89. The topological polar surface area (TPSA) is 89.3 Å². The minimum absolute atomic E-state index is 0.0271. The summed E-state index contributed by atoms with van der Waals surface area (Å²) in [5.41, 5.74) is 1.20. The lowest BCUT2D eigenvalue weighted by molar-refractivity contribution is 0.103. The second-order valence-electron chi connectivity index (χ2n) is 4.39. The molecule has 0 aliphatic rings. The summed E-state index contributed by atoms with van der Waals surface area (Å²) in [6, 6.07) is 7.97. The zero-order chi connectivity index (χ0) is 14.9. The van der Waals surface area contributed by atoms with Gasteiger partial charge in [-0.1, -0.05) is 6.07 Å². The lowest BCUT2D eigenvalue weighted by Gasteiger charge is -2.09. The van der Waals surface area contributed by atoms with Gasteiger partial charge in [0, 0.05) is 10.6 Å². The third-order valence-electron chi connectivity index (χ3n) is 2.75. The fraction of sp³-hybridized carbons (Fsp3) is 0.154. The molecule has 20 heavy (non-hydrogen) atoms. The quantitative estimate of drug-likeness (QED) is 0.911. The summed E-state index contributed by atoms with van der Waals surface area (Å²) >= 11 is 1.38. The van der Waals surface area contributed by atoms with E-state index in [0.717, 1.165) is 10.4 Å². The number of primary sulfonamides is 1. The van der Waals surface area contributed by atoms with E-state index in [1.54, 1.807) is 19.1 Å². The molecule has 0 bridgehead atoms. The van der Waals surface area contributed by atoms with Crippen LogP contribution in [0.5, 0.6) is 0 Å². The summed E-state index contributed by atoms with van der Waals surface area (Å²) in [6.07, 6.45) is 0. The molecule has 5 nitrogen and oxygen atoms in total. The van der Waals surface area contributed by atoms with Crippen LogP contribution in [0, 0.1) is 13.8 Å². The average molecular weight is 310 g/mol. The van der Waals surface area contributed by atoms with Crippen molar-refractivity contribution in [2.45, 2.75) is 18.7 Å². The van der Waals surface area contributed by atoms with Crippen molar-refractivity contribution in [1.82, 2.24) is 0 Å². The van der Waals surface area contributed by atoms with Crippen molar-refractivity contribution in [1.29, 1.82) is 0 Å². The number of benzene rings is 1. The molecule has 1 heterocycles. The normalized spacial score (nSPS) is 11.3. The predicted molar refractivity (Wildman–Crippen MR) is 79.6 cm³/mol. The summed E-state index contributed by atoms with van der Waals surface area (Å²) in [5, 5.41) is 7.79. The fourth-order valence-corrected chi connectivity index (χ4v) is 2.96. The molecule has 0 spiro atoms. The van der Waals surface area contributed by atoms with E-state index in [0.29, 0.717) is 10.6 Å². The minimum Gasteiger partial charge on any atom is -0.321 e. The first kappa shape index (κ1) is 14.7. The van der Waals surface area contributed by atoms with Crippen LogP contribution >= 0.6 is 11.3 Å².